The quantitative estimate of drug-likeness (QED) is 0.833. The zero-order valence-corrected chi connectivity index (χ0v) is 13.5. The second-order valence-corrected chi connectivity index (χ2v) is 6.20. The first kappa shape index (κ1) is 14.8. The largest absolute Gasteiger partial charge is 0.496 e. The van der Waals surface area contributed by atoms with Gasteiger partial charge in [0, 0.05) is 25.2 Å². The van der Waals surface area contributed by atoms with Crippen LogP contribution in [0.2, 0.25) is 0 Å². The van der Waals surface area contributed by atoms with Crippen LogP contribution >= 0.6 is 15.9 Å². The highest BCUT2D eigenvalue weighted by Crippen LogP contribution is 2.27. The molecule has 0 saturated heterocycles. The van der Waals surface area contributed by atoms with Crippen molar-refractivity contribution >= 4 is 15.9 Å². The molecule has 1 fully saturated rings. The van der Waals surface area contributed by atoms with Crippen molar-refractivity contribution in [1.82, 2.24) is 10.2 Å². The monoisotopic (exact) mass is 326 g/mol. The average molecular weight is 327 g/mol. The van der Waals surface area contributed by atoms with Crippen molar-refractivity contribution in [3.63, 3.8) is 0 Å². The van der Waals surface area contributed by atoms with E-state index < -0.39 is 0 Å². The molecule has 106 valence electrons. The summed E-state index contributed by atoms with van der Waals surface area (Å²) in [6.07, 6.45) is 2.73. The smallest absolute Gasteiger partial charge is 0.133 e. The summed E-state index contributed by atoms with van der Waals surface area (Å²) in [5, 5.41) is 3.53. The van der Waals surface area contributed by atoms with Crippen LogP contribution in [0.15, 0.2) is 22.7 Å². The molecule has 1 saturated carbocycles. The number of ether oxygens (including phenoxy) is 1. The molecule has 3 nitrogen and oxygen atoms in total. The zero-order chi connectivity index (χ0) is 13.8. The average Bonchev–Trinajstić information content (AvgIpc) is 3.22. The van der Waals surface area contributed by atoms with Crippen LogP contribution in [0.3, 0.4) is 0 Å². The highest BCUT2D eigenvalue weighted by Gasteiger charge is 2.28. The van der Waals surface area contributed by atoms with Gasteiger partial charge in [-0.05, 0) is 60.4 Å². The van der Waals surface area contributed by atoms with Crippen LogP contribution in [0.25, 0.3) is 0 Å². The second-order valence-electron chi connectivity index (χ2n) is 5.35. The molecule has 1 atom stereocenters. The first-order chi connectivity index (χ1) is 9.11. The molecule has 1 aromatic carbocycles. The maximum absolute atomic E-state index is 5.23. The third kappa shape index (κ3) is 4.20. The van der Waals surface area contributed by atoms with Crippen LogP contribution in [0.4, 0.5) is 0 Å². The van der Waals surface area contributed by atoms with Gasteiger partial charge >= 0.3 is 0 Å². The molecule has 0 aromatic heterocycles. The SMILES string of the molecule is COc1ccc(CNCC(C)N(C)C2CC2)cc1Br. The lowest BCUT2D eigenvalue weighted by molar-refractivity contribution is 0.241. The van der Waals surface area contributed by atoms with Crippen molar-refractivity contribution < 1.29 is 4.74 Å². The first-order valence-corrected chi connectivity index (χ1v) is 7.66. The van der Waals surface area contributed by atoms with E-state index in [4.69, 9.17) is 4.74 Å². The molecule has 1 N–H and O–H groups in total. The normalized spacial score (nSPS) is 16.7. The topological polar surface area (TPSA) is 24.5 Å². The van der Waals surface area contributed by atoms with Crippen LogP contribution in [-0.2, 0) is 6.54 Å². The van der Waals surface area contributed by atoms with Gasteiger partial charge in [0.15, 0.2) is 0 Å². The van der Waals surface area contributed by atoms with E-state index in [0.717, 1.165) is 29.4 Å². The summed E-state index contributed by atoms with van der Waals surface area (Å²) in [6.45, 7) is 4.21. The Kier molecular flexibility index (Phi) is 5.25. The van der Waals surface area contributed by atoms with Gasteiger partial charge in [0.1, 0.15) is 5.75 Å². The van der Waals surface area contributed by atoms with Gasteiger partial charge < -0.3 is 10.1 Å². The van der Waals surface area contributed by atoms with Crippen molar-refractivity contribution in [3.8, 4) is 5.75 Å². The second kappa shape index (κ2) is 6.73. The Hall–Kier alpha value is -0.580. The molecular formula is C15H23BrN2O. The summed E-state index contributed by atoms with van der Waals surface area (Å²) >= 11 is 3.52. The Labute approximate surface area is 124 Å². The fourth-order valence-corrected chi connectivity index (χ4v) is 2.82. The van der Waals surface area contributed by atoms with Crippen LogP contribution < -0.4 is 10.1 Å². The zero-order valence-electron chi connectivity index (χ0n) is 11.9. The summed E-state index contributed by atoms with van der Waals surface area (Å²) in [5.41, 5.74) is 1.27. The molecule has 4 heteroatoms. The van der Waals surface area contributed by atoms with Crippen LogP contribution in [-0.4, -0.2) is 37.7 Å². The summed E-state index contributed by atoms with van der Waals surface area (Å²) in [4.78, 5) is 2.48. The molecule has 19 heavy (non-hydrogen) atoms. The van der Waals surface area contributed by atoms with Gasteiger partial charge in [0.05, 0.1) is 11.6 Å². The third-order valence-corrected chi connectivity index (χ3v) is 4.42. The van der Waals surface area contributed by atoms with E-state index in [1.165, 1.54) is 18.4 Å². The van der Waals surface area contributed by atoms with Crippen LogP contribution in [0.5, 0.6) is 5.75 Å². The first-order valence-electron chi connectivity index (χ1n) is 6.87. The van der Waals surface area contributed by atoms with Gasteiger partial charge in [0.2, 0.25) is 0 Å². The number of nitrogens with zero attached hydrogens (tertiary/aromatic N) is 1. The summed E-state index contributed by atoms with van der Waals surface area (Å²) < 4.78 is 6.24. The Bertz CT molecular complexity index is 421. The number of halogens is 1. The molecule has 2 rings (SSSR count). The fraction of sp³-hybridized carbons (Fsp3) is 0.600. The van der Waals surface area contributed by atoms with Gasteiger partial charge in [-0.3, -0.25) is 4.90 Å². The maximum Gasteiger partial charge on any atom is 0.133 e. The van der Waals surface area contributed by atoms with Crippen molar-refractivity contribution in [2.24, 2.45) is 0 Å². The lowest BCUT2D eigenvalue weighted by atomic mass is 10.2. The van der Waals surface area contributed by atoms with E-state index in [-0.39, 0.29) is 0 Å². The van der Waals surface area contributed by atoms with Crippen LogP contribution in [0.1, 0.15) is 25.3 Å². The Morgan fingerprint density at radius 2 is 2.21 bits per heavy atom. The predicted molar refractivity (Wildman–Crippen MR) is 82.6 cm³/mol. The molecule has 1 unspecified atom stereocenters. The van der Waals surface area contributed by atoms with E-state index in [1.54, 1.807) is 7.11 Å². The molecule has 0 spiro atoms. The van der Waals surface area contributed by atoms with Crippen molar-refractivity contribution in [3.05, 3.63) is 28.2 Å². The lowest BCUT2D eigenvalue weighted by Crippen LogP contribution is -2.38. The predicted octanol–water partition coefficient (Wildman–Crippen LogP) is 3.03. The Morgan fingerprint density at radius 3 is 2.79 bits per heavy atom. The van der Waals surface area contributed by atoms with E-state index >= 15 is 0 Å². The van der Waals surface area contributed by atoms with Crippen LogP contribution in [0, 0.1) is 0 Å². The number of hydrogen-bond acceptors (Lipinski definition) is 3. The molecule has 0 aliphatic heterocycles. The molecule has 1 aliphatic rings. The van der Waals surface area contributed by atoms with Crippen molar-refractivity contribution in [2.45, 2.75) is 38.4 Å². The number of nitrogens with one attached hydrogen (secondary N) is 1. The molecule has 0 heterocycles. The summed E-state index contributed by atoms with van der Waals surface area (Å²) in [5.74, 6) is 0.880. The molecule has 1 aliphatic carbocycles. The van der Waals surface area contributed by atoms with Gasteiger partial charge in [-0.25, -0.2) is 0 Å². The van der Waals surface area contributed by atoms with E-state index in [1.807, 2.05) is 6.07 Å². The number of rotatable bonds is 7. The number of hydrogen-bond donors (Lipinski definition) is 1. The van der Waals surface area contributed by atoms with Gasteiger partial charge in [0.25, 0.3) is 0 Å². The van der Waals surface area contributed by atoms with E-state index in [0.29, 0.717) is 6.04 Å². The molecule has 0 radical (unpaired) electrons. The Morgan fingerprint density at radius 1 is 1.47 bits per heavy atom. The minimum Gasteiger partial charge on any atom is -0.496 e. The minimum atomic E-state index is 0.592. The lowest BCUT2D eigenvalue weighted by Gasteiger charge is -2.24. The van der Waals surface area contributed by atoms with Crippen molar-refractivity contribution in [1.29, 1.82) is 0 Å². The number of benzene rings is 1. The highest BCUT2D eigenvalue weighted by molar-refractivity contribution is 9.10. The third-order valence-electron chi connectivity index (χ3n) is 3.80. The molecular weight excluding hydrogens is 304 g/mol. The standard InChI is InChI=1S/C15H23BrN2O/c1-11(18(2)13-5-6-13)9-17-10-12-4-7-15(19-3)14(16)8-12/h4,7-8,11,13,17H,5-6,9-10H2,1-3H3. The number of likely N-dealkylation sites (N-methyl/N-ethyl adjacent to an activating group) is 1. The minimum absolute atomic E-state index is 0.592. The van der Waals surface area contributed by atoms with Gasteiger partial charge in [-0.15, -0.1) is 0 Å². The van der Waals surface area contributed by atoms with E-state index in [9.17, 15) is 0 Å². The van der Waals surface area contributed by atoms with Crippen molar-refractivity contribution in [2.75, 3.05) is 20.7 Å². The Balaban J connectivity index is 1.77. The van der Waals surface area contributed by atoms with Gasteiger partial charge in [-0.2, -0.15) is 0 Å². The molecule has 1 aromatic rings. The maximum atomic E-state index is 5.23. The summed E-state index contributed by atoms with van der Waals surface area (Å²) in [7, 11) is 3.92. The highest BCUT2D eigenvalue weighted by atomic mass is 79.9. The fourth-order valence-electron chi connectivity index (χ4n) is 2.23. The molecule has 0 amide bonds. The molecule has 0 bridgehead atoms. The van der Waals surface area contributed by atoms with Gasteiger partial charge in [-0.1, -0.05) is 6.07 Å². The van der Waals surface area contributed by atoms with E-state index in [2.05, 4.69) is 52.3 Å². The number of methoxy groups -OCH3 is 1. The summed E-state index contributed by atoms with van der Waals surface area (Å²) in [6, 6.07) is 7.63.